The van der Waals surface area contributed by atoms with Gasteiger partial charge in [0.1, 0.15) is 5.75 Å². The Morgan fingerprint density at radius 1 is 1.32 bits per heavy atom. The van der Waals surface area contributed by atoms with Gasteiger partial charge in [-0.1, -0.05) is 47.0 Å². The van der Waals surface area contributed by atoms with E-state index in [4.69, 9.17) is 4.74 Å². The van der Waals surface area contributed by atoms with Crippen LogP contribution in [-0.4, -0.2) is 35.3 Å². The molecule has 0 N–H and O–H groups in total. The molecule has 1 saturated carbocycles. The standard InChI is InChI=1S/C15H20BrNO2/c1-17(14-10-6-5-9-13(14)16)15(18)11-19-12-7-3-2-4-8-12/h2-4,7-8,13-14H,5-6,9-11H2,1H3. The zero-order chi connectivity index (χ0) is 13.7. The van der Waals surface area contributed by atoms with Crippen LogP contribution in [0.25, 0.3) is 0 Å². The maximum atomic E-state index is 12.1. The Kier molecular flexibility index (Phi) is 5.25. The van der Waals surface area contributed by atoms with Crippen molar-refractivity contribution in [3.05, 3.63) is 30.3 Å². The van der Waals surface area contributed by atoms with E-state index in [1.54, 1.807) is 0 Å². The van der Waals surface area contributed by atoms with Crippen molar-refractivity contribution in [3.63, 3.8) is 0 Å². The molecule has 0 saturated heterocycles. The molecule has 0 aliphatic heterocycles. The molecule has 1 aliphatic rings. The van der Waals surface area contributed by atoms with Gasteiger partial charge >= 0.3 is 0 Å². The topological polar surface area (TPSA) is 29.5 Å². The van der Waals surface area contributed by atoms with Crippen LogP contribution in [0.1, 0.15) is 25.7 Å². The number of hydrogen-bond acceptors (Lipinski definition) is 2. The van der Waals surface area contributed by atoms with Crippen LogP contribution in [0.5, 0.6) is 5.75 Å². The number of para-hydroxylation sites is 1. The normalized spacial score (nSPS) is 22.8. The molecule has 1 fully saturated rings. The number of nitrogens with zero attached hydrogens (tertiary/aromatic N) is 1. The van der Waals surface area contributed by atoms with Gasteiger partial charge in [-0.2, -0.15) is 0 Å². The SMILES string of the molecule is CN(C(=O)COc1ccccc1)C1CCCCC1Br. The van der Waals surface area contributed by atoms with Crippen LogP contribution in [0, 0.1) is 0 Å². The van der Waals surface area contributed by atoms with Gasteiger partial charge in [0.15, 0.2) is 6.61 Å². The van der Waals surface area contributed by atoms with E-state index >= 15 is 0 Å². The molecule has 0 heterocycles. The molecule has 3 nitrogen and oxygen atoms in total. The molecule has 2 rings (SSSR count). The van der Waals surface area contributed by atoms with Crippen molar-refractivity contribution >= 4 is 21.8 Å². The van der Waals surface area contributed by atoms with E-state index in [0.29, 0.717) is 10.9 Å². The van der Waals surface area contributed by atoms with Crippen LogP contribution in [0.2, 0.25) is 0 Å². The minimum absolute atomic E-state index is 0.0419. The first-order chi connectivity index (χ1) is 9.18. The van der Waals surface area contributed by atoms with Crippen LogP contribution in [0.4, 0.5) is 0 Å². The van der Waals surface area contributed by atoms with Crippen molar-refractivity contribution in [2.24, 2.45) is 0 Å². The summed E-state index contributed by atoms with van der Waals surface area (Å²) in [5, 5.41) is 0. The van der Waals surface area contributed by atoms with E-state index < -0.39 is 0 Å². The third-order valence-corrected chi connectivity index (χ3v) is 4.71. The summed E-state index contributed by atoms with van der Waals surface area (Å²) in [7, 11) is 1.88. The fourth-order valence-corrected chi connectivity index (χ4v) is 3.39. The molecule has 104 valence electrons. The van der Waals surface area contributed by atoms with E-state index in [1.807, 2.05) is 42.3 Å². The smallest absolute Gasteiger partial charge is 0.260 e. The van der Waals surface area contributed by atoms with Crippen molar-refractivity contribution in [2.75, 3.05) is 13.7 Å². The molecule has 0 bridgehead atoms. The molecule has 0 aromatic heterocycles. The summed E-state index contributed by atoms with van der Waals surface area (Å²) in [4.78, 5) is 14.4. The van der Waals surface area contributed by atoms with Crippen molar-refractivity contribution in [3.8, 4) is 5.75 Å². The molecule has 1 aliphatic carbocycles. The number of carbonyl (C=O) groups excluding carboxylic acids is 1. The highest BCUT2D eigenvalue weighted by atomic mass is 79.9. The number of alkyl halides is 1. The number of carbonyl (C=O) groups is 1. The predicted octanol–water partition coefficient (Wildman–Crippen LogP) is 3.23. The molecule has 2 unspecified atom stereocenters. The highest BCUT2D eigenvalue weighted by Crippen LogP contribution is 2.27. The van der Waals surface area contributed by atoms with Gasteiger partial charge in [-0.15, -0.1) is 0 Å². The van der Waals surface area contributed by atoms with E-state index in [2.05, 4.69) is 15.9 Å². The number of likely N-dealkylation sites (N-methyl/N-ethyl adjacent to an activating group) is 1. The summed E-state index contributed by atoms with van der Waals surface area (Å²) in [6, 6.07) is 9.75. The highest BCUT2D eigenvalue weighted by Gasteiger charge is 2.29. The fourth-order valence-electron chi connectivity index (χ4n) is 2.45. The van der Waals surface area contributed by atoms with Crippen molar-refractivity contribution in [1.29, 1.82) is 0 Å². The molecule has 1 amide bonds. The largest absolute Gasteiger partial charge is 0.484 e. The second kappa shape index (κ2) is 6.94. The second-order valence-corrected chi connectivity index (χ2v) is 6.15. The number of benzene rings is 1. The average molecular weight is 326 g/mol. The number of rotatable bonds is 4. The van der Waals surface area contributed by atoms with E-state index in [-0.39, 0.29) is 12.5 Å². The van der Waals surface area contributed by atoms with Crippen LogP contribution in [0.3, 0.4) is 0 Å². The first-order valence-electron chi connectivity index (χ1n) is 6.76. The van der Waals surface area contributed by atoms with Crippen LogP contribution in [-0.2, 0) is 4.79 Å². The van der Waals surface area contributed by atoms with Gasteiger partial charge in [0, 0.05) is 17.9 Å². The third kappa shape index (κ3) is 3.96. The molecular formula is C15H20BrNO2. The van der Waals surface area contributed by atoms with Gasteiger partial charge in [-0.25, -0.2) is 0 Å². The maximum Gasteiger partial charge on any atom is 0.260 e. The van der Waals surface area contributed by atoms with E-state index in [1.165, 1.54) is 12.8 Å². The van der Waals surface area contributed by atoms with Gasteiger partial charge in [0.2, 0.25) is 0 Å². The molecule has 4 heteroatoms. The van der Waals surface area contributed by atoms with E-state index in [9.17, 15) is 4.79 Å². The molecule has 2 atom stereocenters. The minimum Gasteiger partial charge on any atom is -0.484 e. The van der Waals surface area contributed by atoms with E-state index in [0.717, 1.165) is 18.6 Å². The van der Waals surface area contributed by atoms with Gasteiger partial charge < -0.3 is 9.64 Å². The zero-order valence-electron chi connectivity index (χ0n) is 11.2. The monoisotopic (exact) mass is 325 g/mol. The number of halogens is 1. The first-order valence-corrected chi connectivity index (χ1v) is 7.67. The summed E-state index contributed by atoms with van der Waals surface area (Å²) in [5.74, 6) is 0.781. The molecule has 0 radical (unpaired) electrons. The summed E-state index contributed by atoms with van der Waals surface area (Å²) >= 11 is 3.68. The predicted molar refractivity (Wildman–Crippen MR) is 79.7 cm³/mol. The Morgan fingerprint density at radius 3 is 2.68 bits per heavy atom. The lowest BCUT2D eigenvalue weighted by Crippen LogP contribution is -2.45. The molecule has 1 aromatic carbocycles. The van der Waals surface area contributed by atoms with Gasteiger partial charge in [0.05, 0.1) is 0 Å². The maximum absolute atomic E-state index is 12.1. The van der Waals surface area contributed by atoms with Crippen LogP contribution < -0.4 is 4.74 Å². The second-order valence-electron chi connectivity index (χ2n) is 4.97. The minimum atomic E-state index is 0.0419. The van der Waals surface area contributed by atoms with Crippen molar-refractivity contribution in [2.45, 2.75) is 36.6 Å². The molecule has 19 heavy (non-hydrogen) atoms. The summed E-state index contributed by atoms with van der Waals surface area (Å²) < 4.78 is 5.51. The third-order valence-electron chi connectivity index (χ3n) is 3.64. The zero-order valence-corrected chi connectivity index (χ0v) is 12.8. The van der Waals surface area contributed by atoms with Crippen molar-refractivity contribution in [1.82, 2.24) is 4.90 Å². The first kappa shape index (κ1) is 14.4. The Balaban J connectivity index is 1.85. The number of hydrogen-bond donors (Lipinski definition) is 0. The lowest BCUT2D eigenvalue weighted by Gasteiger charge is -2.35. The van der Waals surface area contributed by atoms with Gasteiger partial charge in [-0.3, -0.25) is 4.79 Å². The van der Waals surface area contributed by atoms with Crippen LogP contribution >= 0.6 is 15.9 Å². The quantitative estimate of drug-likeness (QED) is 0.795. The molecule has 1 aromatic rings. The highest BCUT2D eigenvalue weighted by molar-refractivity contribution is 9.09. The van der Waals surface area contributed by atoms with Crippen molar-refractivity contribution < 1.29 is 9.53 Å². The lowest BCUT2D eigenvalue weighted by atomic mass is 9.94. The Morgan fingerprint density at radius 2 is 2.00 bits per heavy atom. The summed E-state index contributed by atoms with van der Waals surface area (Å²) in [6.07, 6.45) is 4.66. The number of ether oxygens (including phenoxy) is 1. The fraction of sp³-hybridized carbons (Fsp3) is 0.533. The lowest BCUT2D eigenvalue weighted by molar-refractivity contribution is -0.134. The molecular weight excluding hydrogens is 306 g/mol. The number of amides is 1. The summed E-state index contributed by atoms with van der Waals surface area (Å²) in [5.41, 5.74) is 0. The summed E-state index contributed by atoms with van der Waals surface area (Å²) in [6.45, 7) is 0.108. The van der Waals surface area contributed by atoms with Gasteiger partial charge in [0.25, 0.3) is 5.91 Å². The van der Waals surface area contributed by atoms with Crippen LogP contribution in [0.15, 0.2) is 30.3 Å². The van der Waals surface area contributed by atoms with Gasteiger partial charge in [-0.05, 0) is 25.0 Å². The Bertz CT molecular complexity index is 410. The average Bonchev–Trinajstić information content (AvgIpc) is 2.45. The Labute approximate surface area is 123 Å². The Hall–Kier alpha value is -1.03. The molecule has 0 spiro atoms.